The number of unbranched alkanes of at least 4 members (excludes halogenated alkanes) is 9. The Morgan fingerprint density at radius 1 is 0.917 bits per heavy atom. The molecule has 4 N–H and O–H groups in total. The van der Waals surface area contributed by atoms with Crippen molar-refractivity contribution in [1.29, 1.82) is 0 Å². The minimum Gasteiger partial charge on any atom is -1.00 e. The van der Waals surface area contributed by atoms with Crippen molar-refractivity contribution in [1.82, 2.24) is 0 Å². The van der Waals surface area contributed by atoms with Gasteiger partial charge in [0.05, 0.1) is 0 Å². The smallest absolute Gasteiger partial charge is 1.00 e. The molecule has 0 unspecified atom stereocenters. The maximum atomic E-state index is 11.6. The summed E-state index contributed by atoms with van der Waals surface area (Å²) < 4.78 is 4.78. The zero-order valence-electron chi connectivity index (χ0n) is 16.9. The quantitative estimate of drug-likeness (QED) is 0.194. The Kier molecular flexibility index (Phi) is 21.2. The van der Waals surface area contributed by atoms with E-state index < -0.39 is 18.0 Å². The van der Waals surface area contributed by atoms with Crippen LogP contribution in [0.1, 0.15) is 91.8 Å². The van der Waals surface area contributed by atoms with Crippen LogP contribution in [0.25, 0.3) is 0 Å². The molecule has 24 heavy (non-hydrogen) atoms. The summed E-state index contributed by atoms with van der Waals surface area (Å²) in [5.74, 6) is -1.06. The maximum Gasteiger partial charge on any atom is 1.00 e. The van der Waals surface area contributed by atoms with Gasteiger partial charge in [-0.15, -0.1) is 0 Å². The molecule has 6 heteroatoms. The molecule has 0 rings (SSSR count). The number of carbonyl (C=O) groups is 2. The van der Waals surface area contributed by atoms with Crippen LogP contribution < -0.4 is 41.0 Å². The molecule has 138 valence electrons. The maximum absolute atomic E-state index is 11.6. The third kappa shape index (κ3) is 16.9. The third-order valence-electron chi connectivity index (χ3n) is 3.97. The molecule has 0 bridgehead atoms. The van der Waals surface area contributed by atoms with Gasteiger partial charge in [-0.3, -0.25) is 4.79 Å². The molecule has 0 saturated heterocycles. The number of hydrogen-bond acceptors (Lipinski definition) is 5. The minimum atomic E-state index is -0.714. The molecular weight excluding hydrogens is 315 g/mol. The van der Waals surface area contributed by atoms with E-state index in [1.54, 1.807) is 0 Å². The van der Waals surface area contributed by atoms with Gasteiger partial charge in [-0.2, -0.15) is 0 Å². The van der Waals surface area contributed by atoms with Crippen molar-refractivity contribution in [3.05, 3.63) is 0 Å². The van der Waals surface area contributed by atoms with Gasteiger partial charge in [-0.25, -0.2) is 4.79 Å². The molecule has 0 fully saturated rings. The van der Waals surface area contributed by atoms with Crippen molar-refractivity contribution in [3.63, 3.8) is 0 Å². The standard InChI is InChI=1S/C18H36N2O3.Na.H/c1-2-3-4-5-6-7-8-9-10-14-17(21)23-18(22)16(20)13-11-12-15-19;;/h16H,2-15,19-20H2,1H3;;/q;+1;-1/t16-;;/m0../s1. The predicted octanol–water partition coefficient (Wildman–Crippen LogP) is 0.550. The van der Waals surface area contributed by atoms with Crippen molar-refractivity contribution < 1.29 is 45.3 Å². The first kappa shape index (κ1) is 26.3. The van der Waals surface area contributed by atoms with Gasteiger partial charge in [0.15, 0.2) is 0 Å². The Hall–Kier alpha value is 0.0600. The molecule has 0 aromatic heterocycles. The van der Waals surface area contributed by atoms with Crippen LogP contribution in [0.15, 0.2) is 0 Å². The van der Waals surface area contributed by atoms with Crippen molar-refractivity contribution in [3.8, 4) is 0 Å². The summed E-state index contributed by atoms with van der Waals surface area (Å²) in [7, 11) is 0. The average Bonchev–Trinajstić information content (AvgIpc) is 2.53. The number of hydrogen-bond donors (Lipinski definition) is 2. The molecule has 0 aliphatic rings. The normalized spacial score (nSPS) is 11.6. The summed E-state index contributed by atoms with van der Waals surface area (Å²) >= 11 is 0. The molecule has 0 radical (unpaired) electrons. The number of ether oxygens (including phenoxy) is 1. The monoisotopic (exact) mass is 352 g/mol. The molecule has 5 nitrogen and oxygen atoms in total. The second kappa shape index (κ2) is 19.4. The topological polar surface area (TPSA) is 95.4 Å². The Labute approximate surface area is 171 Å². The van der Waals surface area contributed by atoms with Crippen molar-refractivity contribution in [2.75, 3.05) is 6.54 Å². The molecule has 0 spiro atoms. The molecule has 0 amide bonds. The van der Waals surface area contributed by atoms with E-state index >= 15 is 0 Å². The van der Waals surface area contributed by atoms with Crippen molar-refractivity contribution in [2.45, 2.75) is 96.4 Å². The summed E-state index contributed by atoms with van der Waals surface area (Å²) in [6.45, 7) is 2.80. The van der Waals surface area contributed by atoms with Gasteiger partial charge >= 0.3 is 41.5 Å². The fraction of sp³-hybridized carbons (Fsp3) is 0.889. The molecule has 0 aromatic carbocycles. The van der Waals surface area contributed by atoms with Gasteiger partial charge in [0, 0.05) is 6.42 Å². The van der Waals surface area contributed by atoms with Crippen molar-refractivity contribution in [2.24, 2.45) is 11.5 Å². The van der Waals surface area contributed by atoms with Crippen LogP contribution in [0.3, 0.4) is 0 Å². The second-order valence-electron chi connectivity index (χ2n) is 6.26. The first-order valence-electron chi connectivity index (χ1n) is 9.32. The van der Waals surface area contributed by atoms with E-state index in [4.69, 9.17) is 16.2 Å². The largest absolute Gasteiger partial charge is 1.00 e. The Bertz CT molecular complexity index is 321. The molecule has 1 atom stereocenters. The van der Waals surface area contributed by atoms with Gasteiger partial charge < -0.3 is 17.6 Å². The first-order chi connectivity index (χ1) is 11.1. The van der Waals surface area contributed by atoms with Gasteiger partial charge in [-0.05, 0) is 25.8 Å². The van der Waals surface area contributed by atoms with E-state index in [0.29, 0.717) is 19.4 Å². The molecule has 0 heterocycles. The second-order valence-corrected chi connectivity index (χ2v) is 6.26. The predicted molar refractivity (Wildman–Crippen MR) is 94.9 cm³/mol. The van der Waals surface area contributed by atoms with Crippen LogP contribution in [-0.2, 0) is 14.3 Å². The van der Waals surface area contributed by atoms with Crippen LogP contribution in [0.4, 0.5) is 0 Å². The van der Waals surface area contributed by atoms with E-state index in [1.165, 1.54) is 38.5 Å². The Morgan fingerprint density at radius 2 is 1.46 bits per heavy atom. The number of esters is 2. The third-order valence-corrected chi connectivity index (χ3v) is 3.97. The fourth-order valence-corrected chi connectivity index (χ4v) is 2.45. The minimum absolute atomic E-state index is 0. The van der Waals surface area contributed by atoms with Gasteiger partial charge in [0.25, 0.3) is 0 Å². The molecule has 0 aromatic rings. The molecule has 0 saturated carbocycles. The van der Waals surface area contributed by atoms with E-state index in [9.17, 15) is 9.59 Å². The number of carbonyl (C=O) groups excluding carboxylic acids is 2. The average molecular weight is 352 g/mol. The van der Waals surface area contributed by atoms with Gasteiger partial charge in [-0.1, -0.05) is 64.7 Å². The van der Waals surface area contributed by atoms with Gasteiger partial charge in [0.2, 0.25) is 0 Å². The van der Waals surface area contributed by atoms with E-state index in [1.807, 2.05) is 0 Å². The van der Waals surface area contributed by atoms with E-state index in [2.05, 4.69) is 6.92 Å². The summed E-state index contributed by atoms with van der Waals surface area (Å²) in [5.41, 5.74) is 11.1. The molecular formula is C18H37N2NaO3. The summed E-state index contributed by atoms with van der Waals surface area (Å²) in [6.07, 6.45) is 13.1. The summed E-state index contributed by atoms with van der Waals surface area (Å²) in [4.78, 5) is 23.2. The van der Waals surface area contributed by atoms with Gasteiger partial charge in [0.1, 0.15) is 6.04 Å². The summed E-state index contributed by atoms with van der Waals surface area (Å²) in [6, 6.07) is -0.714. The number of nitrogens with two attached hydrogens (primary N) is 2. The van der Waals surface area contributed by atoms with Crippen molar-refractivity contribution >= 4 is 11.9 Å². The van der Waals surface area contributed by atoms with E-state index in [0.717, 1.165) is 32.1 Å². The number of rotatable bonds is 15. The Morgan fingerprint density at radius 3 is 2.00 bits per heavy atom. The van der Waals surface area contributed by atoms with Crippen LogP contribution in [0, 0.1) is 0 Å². The Balaban J connectivity index is -0.00000242. The van der Waals surface area contributed by atoms with Crippen LogP contribution in [-0.4, -0.2) is 24.5 Å². The van der Waals surface area contributed by atoms with Crippen LogP contribution in [0.2, 0.25) is 0 Å². The summed E-state index contributed by atoms with van der Waals surface area (Å²) in [5, 5.41) is 0. The zero-order chi connectivity index (χ0) is 17.3. The fourth-order valence-electron chi connectivity index (χ4n) is 2.45. The molecule has 0 aliphatic heterocycles. The van der Waals surface area contributed by atoms with E-state index in [-0.39, 0.29) is 31.0 Å². The molecule has 0 aliphatic carbocycles. The first-order valence-corrected chi connectivity index (χ1v) is 9.32. The van der Waals surface area contributed by atoms with Crippen LogP contribution in [0.5, 0.6) is 0 Å². The zero-order valence-corrected chi connectivity index (χ0v) is 17.9. The van der Waals surface area contributed by atoms with Crippen LogP contribution >= 0.6 is 0 Å². The SMILES string of the molecule is CCCCCCCCCCCC(=O)OC(=O)[C@@H](N)CCCCN.[H-].[Na+].